The van der Waals surface area contributed by atoms with Crippen molar-refractivity contribution < 1.29 is 23.1 Å². The number of sulfone groups is 1. The summed E-state index contributed by atoms with van der Waals surface area (Å²) in [5.74, 6) is -1.26. The number of carbonyl (C=O) groups excluding carboxylic acids is 1. The Bertz CT molecular complexity index is 613. The molecule has 1 aliphatic heterocycles. The summed E-state index contributed by atoms with van der Waals surface area (Å²) in [6, 6.07) is -2.29. The minimum atomic E-state index is -3.10. The average Bonchev–Trinajstić information content (AvgIpc) is 2.98. The number of hydrogen-bond donors (Lipinski definition) is 4. The Balaban J connectivity index is 1.88. The molecule has 0 radical (unpaired) electrons. The van der Waals surface area contributed by atoms with Crippen LogP contribution in [0.4, 0.5) is 4.79 Å². The largest absolute Gasteiger partial charge is 0.480 e. The van der Waals surface area contributed by atoms with Crippen molar-refractivity contribution >= 4 is 21.8 Å². The molecule has 1 unspecified atom stereocenters. The van der Waals surface area contributed by atoms with Crippen LogP contribution in [0.1, 0.15) is 12.1 Å². The maximum Gasteiger partial charge on any atom is 0.326 e. The molecule has 0 bridgehead atoms. The Morgan fingerprint density at radius 1 is 1.52 bits per heavy atom. The first-order chi connectivity index (χ1) is 9.85. The second-order valence-corrected chi connectivity index (χ2v) is 7.12. The van der Waals surface area contributed by atoms with Crippen LogP contribution in [0.25, 0.3) is 0 Å². The Kier molecular flexibility index (Phi) is 4.46. The second-order valence-electron chi connectivity index (χ2n) is 4.89. The molecule has 10 heteroatoms. The third kappa shape index (κ3) is 4.45. The average molecular weight is 316 g/mol. The van der Waals surface area contributed by atoms with Gasteiger partial charge in [0.25, 0.3) is 0 Å². The van der Waals surface area contributed by atoms with Crippen molar-refractivity contribution in [2.75, 3.05) is 11.5 Å². The number of nitrogens with one attached hydrogen (secondary N) is 3. The van der Waals surface area contributed by atoms with Crippen molar-refractivity contribution in [2.24, 2.45) is 0 Å². The molecule has 21 heavy (non-hydrogen) atoms. The van der Waals surface area contributed by atoms with E-state index in [1.165, 1.54) is 12.5 Å². The van der Waals surface area contributed by atoms with Crippen molar-refractivity contribution in [3.63, 3.8) is 0 Å². The minimum absolute atomic E-state index is 0.0362. The zero-order valence-corrected chi connectivity index (χ0v) is 11.9. The highest BCUT2D eigenvalue weighted by molar-refractivity contribution is 7.91. The van der Waals surface area contributed by atoms with E-state index in [0.717, 1.165) is 0 Å². The summed E-state index contributed by atoms with van der Waals surface area (Å²) in [7, 11) is -3.10. The summed E-state index contributed by atoms with van der Waals surface area (Å²) in [5.41, 5.74) is 0.575. The van der Waals surface area contributed by atoms with Crippen LogP contribution in [0.3, 0.4) is 0 Å². The van der Waals surface area contributed by atoms with Crippen LogP contribution in [0.5, 0.6) is 0 Å². The third-order valence-corrected chi connectivity index (χ3v) is 4.92. The fourth-order valence-electron chi connectivity index (χ4n) is 2.11. The predicted molar refractivity (Wildman–Crippen MR) is 72.4 cm³/mol. The number of amides is 2. The second kappa shape index (κ2) is 6.12. The van der Waals surface area contributed by atoms with E-state index in [1.807, 2.05) is 0 Å². The van der Waals surface area contributed by atoms with Crippen molar-refractivity contribution in [2.45, 2.75) is 24.9 Å². The van der Waals surface area contributed by atoms with Crippen molar-refractivity contribution in [3.8, 4) is 0 Å². The van der Waals surface area contributed by atoms with Gasteiger partial charge in [0.1, 0.15) is 6.04 Å². The lowest BCUT2D eigenvalue weighted by atomic mass is 10.1. The molecule has 2 amide bonds. The summed E-state index contributed by atoms with van der Waals surface area (Å²) < 4.78 is 22.6. The number of aromatic amines is 1. The zero-order valence-electron chi connectivity index (χ0n) is 11.1. The summed E-state index contributed by atoms with van der Waals surface area (Å²) in [6.07, 6.45) is 3.29. The summed E-state index contributed by atoms with van der Waals surface area (Å²) >= 11 is 0. The lowest BCUT2D eigenvalue weighted by Gasteiger charge is -2.16. The van der Waals surface area contributed by atoms with Gasteiger partial charge in [-0.1, -0.05) is 0 Å². The van der Waals surface area contributed by atoms with Crippen LogP contribution in [0.2, 0.25) is 0 Å². The van der Waals surface area contributed by atoms with E-state index in [-0.39, 0.29) is 17.9 Å². The molecule has 0 aromatic carbocycles. The van der Waals surface area contributed by atoms with Gasteiger partial charge in [0.15, 0.2) is 9.84 Å². The summed E-state index contributed by atoms with van der Waals surface area (Å²) in [6.45, 7) is 0. The van der Waals surface area contributed by atoms with Gasteiger partial charge in [-0.3, -0.25) is 0 Å². The number of carboxylic acids is 1. The first kappa shape index (κ1) is 15.3. The van der Waals surface area contributed by atoms with Crippen molar-refractivity contribution in [3.05, 3.63) is 18.2 Å². The van der Waals surface area contributed by atoms with Gasteiger partial charge in [-0.25, -0.2) is 23.0 Å². The fraction of sp³-hybridized carbons (Fsp3) is 0.545. The topological polar surface area (TPSA) is 141 Å². The predicted octanol–water partition coefficient (Wildman–Crippen LogP) is -1.11. The number of H-pyrrole nitrogens is 1. The molecule has 2 atom stereocenters. The van der Waals surface area contributed by atoms with Gasteiger partial charge in [-0.2, -0.15) is 0 Å². The molecular weight excluding hydrogens is 300 g/mol. The fourth-order valence-corrected chi connectivity index (χ4v) is 3.78. The van der Waals surface area contributed by atoms with Gasteiger partial charge < -0.3 is 20.7 Å². The lowest BCUT2D eigenvalue weighted by Crippen LogP contribution is -2.50. The number of rotatable bonds is 5. The lowest BCUT2D eigenvalue weighted by molar-refractivity contribution is -0.139. The first-order valence-electron chi connectivity index (χ1n) is 6.33. The van der Waals surface area contributed by atoms with Gasteiger partial charge in [0.05, 0.1) is 17.8 Å². The van der Waals surface area contributed by atoms with E-state index < -0.39 is 33.9 Å². The summed E-state index contributed by atoms with van der Waals surface area (Å²) in [4.78, 5) is 29.4. The Morgan fingerprint density at radius 3 is 2.81 bits per heavy atom. The van der Waals surface area contributed by atoms with E-state index >= 15 is 0 Å². The monoisotopic (exact) mass is 316 g/mol. The maximum atomic E-state index is 11.7. The molecule has 1 aromatic rings. The van der Waals surface area contributed by atoms with E-state index in [1.54, 1.807) is 0 Å². The smallest absolute Gasteiger partial charge is 0.326 e. The number of carbonyl (C=O) groups is 2. The molecule has 1 fully saturated rings. The third-order valence-electron chi connectivity index (χ3n) is 3.15. The van der Waals surface area contributed by atoms with Crippen molar-refractivity contribution in [1.29, 1.82) is 0 Å². The molecule has 0 spiro atoms. The number of urea groups is 1. The van der Waals surface area contributed by atoms with Crippen molar-refractivity contribution in [1.82, 2.24) is 20.6 Å². The highest BCUT2D eigenvalue weighted by Crippen LogP contribution is 2.11. The van der Waals surface area contributed by atoms with Gasteiger partial charge in [-0.15, -0.1) is 0 Å². The van der Waals surface area contributed by atoms with Gasteiger partial charge in [-0.05, 0) is 6.42 Å². The highest BCUT2D eigenvalue weighted by atomic mass is 32.2. The summed E-state index contributed by atoms with van der Waals surface area (Å²) in [5, 5.41) is 13.9. The van der Waals surface area contributed by atoms with Gasteiger partial charge >= 0.3 is 12.0 Å². The number of nitrogens with zero attached hydrogens (tertiary/aromatic N) is 1. The quantitative estimate of drug-likeness (QED) is 0.543. The highest BCUT2D eigenvalue weighted by Gasteiger charge is 2.30. The van der Waals surface area contributed by atoms with Crippen LogP contribution in [-0.2, 0) is 21.1 Å². The zero-order chi connectivity index (χ0) is 15.5. The molecule has 1 aromatic heterocycles. The van der Waals surface area contributed by atoms with Crippen LogP contribution in [-0.4, -0.2) is 59.1 Å². The molecule has 0 aliphatic carbocycles. The molecule has 2 heterocycles. The van der Waals surface area contributed by atoms with E-state index in [0.29, 0.717) is 12.1 Å². The molecular formula is C11H16N4O5S. The van der Waals surface area contributed by atoms with Gasteiger partial charge in [0.2, 0.25) is 0 Å². The standard InChI is InChI=1S/C11H16N4O5S/c16-10(17)9(3-8-4-12-6-13-8)15-11(18)14-7-1-2-21(19,20)5-7/h4,6-7,9H,1-3,5H2,(H,12,13)(H,16,17)(H2,14,15,18)/t7?,9-/m1/s1. The van der Waals surface area contributed by atoms with Gasteiger partial charge in [0, 0.05) is 24.4 Å². The number of imidazole rings is 1. The van der Waals surface area contributed by atoms with Crippen LogP contribution >= 0.6 is 0 Å². The molecule has 1 aliphatic rings. The maximum absolute atomic E-state index is 11.7. The molecule has 9 nitrogen and oxygen atoms in total. The van der Waals surface area contributed by atoms with Crippen LogP contribution in [0.15, 0.2) is 12.5 Å². The van der Waals surface area contributed by atoms with Crippen LogP contribution in [0, 0.1) is 0 Å². The Morgan fingerprint density at radius 2 is 2.29 bits per heavy atom. The number of aromatic nitrogens is 2. The van der Waals surface area contributed by atoms with Crippen LogP contribution < -0.4 is 10.6 Å². The van der Waals surface area contributed by atoms with E-state index in [2.05, 4.69) is 20.6 Å². The molecule has 0 saturated carbocycles. The Labute approximate surface area is 121 Å². The normalized spacial score (nSPS) is 21.6. The number of hydrogen-bond acceptors (Lipinski definition) is 5. The number of aliphatic carboxylic acids is 1. The Hall–Kier alpha value is -2.10. The molecule has 2 rings (SSSR count). The molecule has 116 valence electrons. The van der Waals surface area contributed by atoms with E-state index in [4.69, 9.17) is 5.11 Å². The molecule has 4 N–H and O–H groups in total. The first-order valence-corrected chi connectivity index (χ1v) is 8.15. The van der Waals surface area contributed by atoms with E-state index in [9.17, 15) is 18.0 Å². The minimum Gasteiger partial charge on any atom is -0.480 e. The molecule has 1 saturated heterocycles. The number of carboxylic acid groups (broad SMARTS) is 1. The SMILES string of the molecule is O=C(NC1CCS(=O)(=O)C1)N[C@H](Cc1cnc[nH]1)C(=O)O.